The van der Waals surface area contributed by atoms with Crippen LogP contribution in [0.4, 0.5) is 11.5 Å². The Morgan fingerprint density at radius 3 is 2.70 bits per heavy atom. The number of aromatic nitrogens is 2. The van der Waals surface area contributed by atoms with Crippen LogP contribution in [-0.2, 0) is 12.8 Å². The number of anilines is 2. The molecule has 0 spiro atoms. The Bertz CT molecular complexity index is 638. The summed E-state index contributed by atoms with van der Waals surface area (Å²) in [4.78, 5) is 8.97. The van der Waals surface area contributed by atoms with Gasteiger partial charge in [-0.05, 0) is 58.5 Å². The van der Waals surface area contributed by atoms with E-state index < -0.39 is 0 Å². The van der Waals surface area contributed by atoms with Crippen molar-refractivity contribution in [3.63, 3.8) is 0 Å². The van der Waals surface area contributed by atoms with Crippen LogP contribution in [0.2, 0.25) is 0 Å². The number of benzene rings is 1. The van der Waals surface area contributed by atoms with Crippen LogP contribution in [0.15, 0.2) is 28.9 Å². The van der Waals surface area contributed by atoms with Gasteiger partial charge >= 0.3 is 0 Å². The molecular formula is C16H18BrN3. The lowest BCUT2D eigenvalue weighted by Crippen LogP contribution is -2.02. The van der Waals surface area contributed by atoms with E-state index in [4.69, 9.17) is 0 Å². The number of halogens is 1. The molecule has 1 N–H and O–H groups in total. The second kappa shape index (κ2) is 5.52. The van der Waals surface area contributed by atoms with Crippen LogP contribution in [-0.4, -0.2) is 9.97 Å². The summed E-state index contributed by atoms with van der Waals surface area (Å²) in [5.74, 6) is 2.00. The first-order chi connectivity index (χ1) is 9.61. The summed E-state index contributed by atoms with van der Waals surface area (Å²) in [6.45, 7) is 4.20. The van der Waals surface area contributed by atoms with E-state index in [0.717, 1.165) is 21.9 Å². The van der Waals surface area contributed by atoms with Gasteiger partial charge in [-0.15, -0.1) is 0 Å². The highest BCUT2D eigenvalue weighted by molar-refractivity contribution is 9.10. The highest BCUT2D eigenvalue weighted by Crippen LogP contribution is 2.27. The van der Waals surface area contributed by atoms with Crippen LogP contribution in [0.3, 0.4) is 0 Å². The molecule has 2 aromatic rings. The third-order valence-corrected chi connectivity index (χ3v) is 4.01. The van der Waals surface area contributed by atoms with Crippen LogP contribution in [0.25, 0.3) is 0 Å². The molecule has 0 radical (unpaired) electrons. The summed E-state index contributed by atoms with van der Waals surface area (Å²) < 4.78 is 0.819. The molecular weight excluding hydrogens is 314 g/mol. The minimum absolute atomic E-state index is 0.313. The molecule has 1 aromatic carbocycles. The van der Waals surface area contributed by atoms with E-state index in [9.17, 15) is 0 Å². The Hall–Kier alpha value is -1.42. The molecule has 0 unspecified atom stereocenters. The molecule has 0 saturated heterocycles. The second-order valence-corrected chi connectivity index (χ2v) is 6.36. The van der Waals surface area contributed by atoms with E-state index in [1.807, 2.05) is 6.07 Å². The SMILES string of the molecule is CC(C)c1nc(Br)cc(Nc2ccc3c(c2)CCC3)n1. The summed E-state index contributed by atoms with van der Waals surface area (Å²) in [6, 6.07) is 8.52. The lowest BCUT2D eigenvalue weighted by atomic mass is 10.1. The van der Waals surface area contributed by atoms with Gasteiger partial charge in [0, 0.05) is 17.7 Å². The van der Waals surface area contributed by atoms with Crippen molar-refractivity contribution in [2.24, 2.45) is 0 Å². The van der Waals surface area contributed by atoms with Crippen molar-refractivity contribution in [2.75, 3.05) is 5.32 Å². The highest BCUT2D eigenvalue weighted by Gasteiger charge is 2.12. The van der Waals surface area contributed by atoms with E-state index in [2.05, 4.69) is 63.3 Å². The predicted octanol–water partition coefficient (Wildman–Crippen LogP) is 4.59. The molecule has 3 nitrogen and oxygen atoms in total. The van der Waals surface area contributed by atoms with E-state index in [0.29, 0.717) is 5.92 Å². The number of aryl methyl sites for hydroxylation is 2. The zero-order valence-electron chi connectivity index (χ0n) is 11.8. The number of hydrogen-bond donors (Lipinski definition) is 1. The van der Waals surface area contributed by atoms with Crippen molar-refractivity contribution < 1.29 is 0 Å². The largest absolute Gasteiger partial charge is 0.340 e. The molecule has 20 heavy (non-hydrogen) atoms. The molecule has 0 saturated carbocycles. The summed E-state index contributed by atoms with van der Waals surface area (Å²) >= 11 is 3.45. The van der Waals surface area contributed by atoms with Gasteiger partial charge in [0.2, 0.25) is 0 Å². The molecule has 0 atom stereocenters. The normalized spacial score (nSPS) is 13.6. The number of fused-ring (bicyclic) bond motifs is 1. The first-order valence-corrected chi connectivity index (χ1v) is 7.84. The van der Waals surface area contributed by atoms with Gasteiger partial charge in [-0.25, -0.2) is 9.97 Å². The third-order valence-electron chi connectivity index (χ3n) is 3.60. The molecule has 0 fully saturated rings. The van der Waals surface area contributed by atoms with Gasteiger partial charge in [0.25, 0.3) is 0 Å². The Morgan fingerprint density at radius 1 is 1.10 bits per heavy atom. The molecule has 1 heterocycles. The van der Waals surface area contributed by atoms with Gasteiger partial charge in [0.1, 0.15) is 16.2 Å². The van der Waals surface area contributed by atoms with Gasteiger partial charge in [-0.1, -0.05) is 19.9 Å². The third kappa shape index (κ3) is 2.85. The molecule has 104 valence electrons. The number of hydrogen-bond acceptors (Lipinski definition) is 3. The van der Waals surface area contributed by atoms with E-state index >= 15 is 0 Å². The monoisotopic (exact) mass is 331 g/mol. The maximum absolute atomic E-state index is 4.57. The summed E-state index contributed by atoms with van der Waals surface area (Å²) in [5.41, 5.74) is 4.06. The van der Waals surface area contributed by atoms with Crippen LogP contribution in [0.5, 0.6) is 0 Å². The molecule has 1 aromatic heterocycles. The molecule has 4 heteroatoms. The molecule has 3 rings (SSSR count). The summed E-state index contributed by atoms with van der Waals surface area (Å²) in [7, 11) is 0. The van der Waals surface area contributed by atoms with Gasteiger partial charge in [0.15, 0.2) is 0 Å². The first kappa shape index (κ1) is 13.6. The summed E-state index contributed by atoms with van der Waals surface area (Å²) in [6.07, 6.45) is 3.68. The fourth-order valence-corrected chi connectivity index (χ4v) is 2.95. The second-order valence-electron chi connectivity index (χ2n) is 5.55. The minimum Gasteiger partial charge on any atom is -0.340 e. The van der Waals surface area contributed by atoms with Crippen molar-refractivity contribution in [1.29, 1.82) is 0 Å². The van der Waals surface area contributed by atoms with Crippen molar-refractivity contribution in [3.8, 4) is 0 Å². The Labute approximate surface area is 128 Å². The quantitative estimate of drug-likeness (QED) is 0.835. The predicted molar refractivity (Wildman–Crippen MR) is 85.6 cm³/mol. The van der Waals surface area contributed by atoms with Gasteiger partial charge < -0.3 is 5.32 Å². The van der Waals surface area contributed by atoms with Gasteiger partial charge in [-0.2, -0.15) is 0 Å². The van der Waals surface area contributed by atoms with E-state index in [1.54, 1.807) is 0 Å². The van der Waals surface area contributed by atoms with Gasteiger partial charge in [-0.3, -0.25) is 0 Å². The average Bonchev–Trinajstić information content (AvgIpc) is 2.85. The lowest BCUT2D eigenvalue weighted by molar-refractivity contribution is 0.771. The molecule has 1 aliphatic carbocycles. The van der Waals surface area contributed by atoms with Crippen molar-refractivity contribution in [2.45, 2.75) is 39.0 Å². The topological polar surface area (TPSA) is 37.8 Å². The lowest BCUT2D eigenvalue weighted by Gasteiger charge is -2.11. The zero-order chi connectivity index (χ0) is 14.1. The van der Waals surface area contributed by atoms with E-state index in [-0.39, 0.29) is 0 Å². The maximum Gasteiger partial charge on any atom is 0.135 e. The van der Waals surface area contributed by atoms with Crippen molar-refractivity contribution in [3.05, 3.63) is 45.8 Å². The molecule has 1 aliphatic rings. The van der Waals surface area contributed by atoms with Crippen molar-refractivity contribution in [1.82, 2.24) is 9.97 Å². The average molecular weight is 332 g/mol. The fraction of sp³-hybridized carbons (Fsp3) is 0.375. The number of nitrogens with one attached hydrogen (secondary N) is 1. The van der Waals surface area contributed by atoms with Crippen LogP contribution in [0, 0.1) is 0 Å². The smallest absolute Gasteiger partial charge is 0.135 e. The van der Waals surface area contributed by atoms with Crippen LogP contribution in [0.1, 0.15) is 43.1 Å². The Balaban J connectivity index is 1.87. The molecule has 0 aliphatic heterocycles. The van der Waals surface area contributed by atoms with Gasteiger partial charge in [0.05, 0.1) is 0 Å². The minimum atomic E-state index is 0.313. The zero-order valence-corrected chi connectivity index (χ0v) is 13.4. The van der Waals surface area contributed by atoms with Crippen molar-refractivity contribution >= 4 is 27.4 Å². The Morgan fingerprint density at radius 2 is 1.90 bits per heavy atom. The summed E-state index contributed by atoms with van der Waals surface area (Å²) in [5, 5.41) is 3.39. The first-order valence-electron chi connectivity index (χ1n) is 7.05. The fourth-order valence-electron chi connectivity index (χ4n) is 2.55. The molecule has 0 amide bonds. The number of nitrogens with zero attached hydrogens (tertiary/aromatic N) is 2. The highest BCUT2D eigenvalue weighted by atomic mass is 79.9. The number of rotatable bonds is 3. The van der Waals surface area contributed by atoms with Crippen LogP contribution >= 0.6 is 15.9 Å². The molecule has 0 bridgehead atoms. The van der Waals surface area contributed by atoms with Crippen LogP contribution < -0.4 is 5.32 Å². The Kier molecular flexibility index (Phi) is 3.74. The maximum atomic E-state index is 4.57. The standard InChI is InChI=1S/C16H18BrN3/c1-10(2)16-19-14(17)9-15(20-16)18-13-7-6-11-4-3-5-12(11)8-13/h6-10H,3-5H2,1-2H3,(H,18,19,20). The van der Waals surface area contributed by atoms with E-state index in [1.165, 1.54) is 30.4 Å².